The summed E-state index contributed by atoms with van der Waals surface area (Å²) in [6.07, 6.45) is -4.62. The number of anilines is 1. The SMILES string of the molecule is CC(O)(CNc1ccc(C#N)c(C(F)(F)F)c1)CSc1ccc(N=C=S)cc1. The van der Waals surface area contributed by atoms with E-state index in [1.54, 1.807) is 19.1 Å². The van der Waals surface area contributed by atoms with E-state index in [1.165, 1.54) is 23.9 Å². The number of benzene rings is 2. The molecule has 0 aliphatic carbocycles. The van der Waals surface area contributed by atoms with E-state index in [0.717, 1.165) is 17.0 Å². The molecule has 0 saturated heterocycles. The number of nitriles is 1. The lowest BCUT2D eigenvalue weighted by molar-refractivity contribution is -0.137. The van der Waals surface area contributed by atoms with Crippen LogP contribution in [0.25, 0.3) is 0 Å². The molecule has 0 saturated carbocycles. The summed E-state index contributed by atoms with van der Waals surface area (Å²) in [6, 6.07) is 12.1. The Balaban J connectivity index is 1.99. The molecule has 0 fully saturated rings. The highest BCUT2D eigenvalue weighted by molar-refractivity contribution is 7.99. The summed E-state index contributed by atoms with van der Waals surface area (Å²) >= 11 is 5.94. The molecule has 0 radical (unpaired) electrons. The Bertz CT molecular complexity index is 916. The van der Waals surface area contributed by atoms with Gasteiger partial charge < -0.3 is 10.4 Å². The molecule has 1 atom stereocenters. The van der Waals surface area contributed by atoms with Crippen LogP contribution in [0, 0.1) is 11.3 Å². The highest BCUT2D eigenvalue weighted by atomic mass is 32.2. The van der Waals surface area contributed by atoms with Gasteiger partial charge in [0.2, 0.25) is 0 Å². The lowest BCUT2D eigenvalue weighted by atomic mass is 10.1. The van der Waals surface area contributed by atoms with E-state index in [4.69, 9.17) is 5.26 Å². The summed E-state index contributed by atoms with van der Waals surface area (Å²) in [6.45, 7) is 1.63. The van der Waals surface area contributed by atoms with Gasteiger partial charge in [-0.25, -0.2) is 0 Å². The molecule has 0 heterocycles. The third-order valence-corrected chi connectivity index (χ3v) is 5.14. The van der Waals surface area contributed by atoms with E-state index in [-0.39, 0.29) is 12.2 Å². The second kappa shape index (κ2) is 9.22. The van der Waals surface area contributed by atoms with Crippen molar-refractivity contribution in [1.29, 1.82) is 5.26 Å². The van der Waals surface area contributed by atoms with Crippen molar-refractivity contribution in [2.45, 2.75) is 23.6 Å². The highest BCUT2D eigenvalue weighted by Crippen LogP contribution is 2.33. The molecule has 0 spiro atoms. The minimum absolute atomic E-state index is 0.0382. The second-order valence-electron chi connectivity index (χ2n) is 6.21. The van der Waals surface area contributed by atoms with Gasteiger partial charge in [-0.1, -0.05) is 0 Å². The van der Waals surface area contributed by atoms with Crippen molar-refractivity contribution in [3.05, 3.63) is 53.6 Å². The van der Waals surface area contributed by atoms with Crippen molar-refractivity contribution in [1.82, 2.24) is 0 Å². The van der Waals surface area contributed by atoms with Gasteiger partial charge in [-0.15, -0.1) is 11.8 Å². The maximum absolute atomic E-state index is 13.0. The predicted octanol–water partition coefficient (Wildman–Crippen LogP) is 5.27. The Labute approximate surface area is 170 Å². The number of thioether (sulfide) groups is 1. The number of isothiocyanates is 1. The Morgan fingerprint density at radius 1 is 1.21 bits per heavy atom. The van der Waals surface area contributed by atoms with Gasteiger partial charge in [-0.2, -0.15) is 23.4 Å². The molecule has 0 bridgehead atoms. The smallest absolute Gasteiger partial charge is 0.387 e. The lowest BCUT2D eigenvalue weighted by Gasteiger charge is -2.24. The van der Waals surface area contributed by atoms with Gasteiger partial charge >= 0.3 is 6.18 Å². The number of halogens is 3. The predicted molar refractivity (Wildman–Crippen MR) is 107 cm³/mol. The van der Waals surface area contributed by atoms with Gasteiger partial charge in [0.05, 0.1) is 33.6 Å². The molecule has 146 valence electrons. The minimum Gasteiger partial charge on any atom is -0.387 e. The number of alkyl halides is 3. The molecule has 2 N–H and O–H groups in total. The Hall–Kier alpha value is -2.37. The summed E-state index contributed by atoms with van der Waals surface area (Å²) in [5, 5.41) is 24.4. The lowest BCUT2D eigenvalue weighted by Crippen LogP contribution is -2.36. The fraction of sp³-hybridized carbons (Fsp3) is 0.263. The topological polar surface area (TPSA) is 68.4 Å². The highest BCUT2D eigenvalue weighted by Gasteiger charge is 2.34. The first-order chi connectivity index (χ1) is 13.1. The average molecular weight is 423 g/mol. The molecule has 0 aliphatic heterocycles. The van der Waals surface area contributed by atoms with Crippen molar-refractivity contribution in [3.63, 3.8) is 0 Å². The van der Waals surface area contributed by atoms with Crippen LogP contribution in [0.2, 0.25) is 0 Å². The van der Waals surface area contributed by atoms with Crippen molar-refractivity contribution in [3.8, 4) is 6.07 Å². The first-order valence-corrected chi connectivity index (χ1v) is 9.42. The summed E-state index contributed by atoms with van der Waals surface area (Å²) in [5.41, 5.74) is -1.77. The van der Waals surface area contributed by atoms with Crippen molar-refractivity contribution >= 4 is 40.5 Å². The van der Waals surface area contributed by atoms with Crippen LogP contribution in [0.3, 0.4) is 0 Å². The molecule has 1 unspecified atom stereocenters. The zero-order valence-electron chi connectivity index (χ0n) is 14.7. The van der Waals surface area contributed by atoms with E-state index < -0.39 is 22.9 Å². The molecule has 2 aromatic rings. The Morgan fingerprint density at radius 3 is 2.46 bits per heavy atom. The average Bonchev–Trinajstić information content (AvgIpc) is 2.65. The standard InChI is InChI=1S/C19H16F3N3OS2/c1-18(26,11-28-16-6-4-14(5-7-16)25-12-27)10-24-15-3-2-13(9-23)17(8-15)19(20,21)22/h2-8,24,26H,10-11H2,1H3. The molecular weight excluding hydrogens is 407 g/mol. The van der Waals surface area contributed by atoms with E-state index in [2.05, 4.69) is 27.7 Å². The molecule has 4 nitrogen and oxygen atoms in total. The third kappa shape index (κ3) is 6.36. The number of thiocarbonyl (C=S) groups is 1. The van der Waals surface area contributed by atoms with Crippen LogP contribution in [0.5, 0.6) is 0 Å². The molecular formula is C19H16F3N3OS2. The van der Waals surface area contributed by atoms with Crippen LogP contribution in [0.4, 0.5) is 24.5 Å². The number of aliphatic hydroxyl groups is 1. The Morgan fingerprint density at radius 2 is 1.89 bits per heavy atom. The number of rotatable bonds is 7. The number of nitrogens with zero attached hydrogens (tertiary/aromatic N) is 2. The van der Waals surface area contributed by atoms with E-state index in [1.807, 2.05) is 12.1 Å². The maximum Gasteiger partial charge on any atom is 0.417 e. The zero-order chi connectivity index (χ0) is 20.8. The Kier molecular flexibility index (Phi) is 7.22. The van der Waals surface area contributed by atoms with Gasteiger partial charge in [0.1, 0.15) is 0 Å². The summed E-state index contributed by atoms with van der Waals surface area (Å²) in [4.78, 5) is 4.76. The largest absolute Gasteiger partial charge is 0.417 e. The van der Waals surface area contributed by atoms with Crippen molar-refractivity contribution in [2.75, 3.05) is 17.6 Å². The van der Waals surface area contributed by atoms with Crippen LogP contribution < -0.4 is 5.32 Å². The van der Waals surface area contributed by atoms with E-state index >= 15 is 0 Å². The fourth-order valence-electron chi connectivity index (χ4n) is 2.24. The van der Waals surface area contributed by atoms with Crippen LogP contribution in [0.1, 0.15) is 18.1 Å². The van der Waals surface area contributed by atoms with Crippen LogP contribution in [0.15, 0.2) is 52.4 Å². The number of nitrogens with one attached hydrogen (secondary N) is 1. The quantitative estimate of drug-likeness (QED) is 0.361. The first-order valence-electron chi connectivity index (χ1n) is 8.03. The third-order valence-electron chi connectivity index (χ3n) is 3.68. The summed E-state index contributed by atoms with van der Waals surface area (Å²) in [7, 11) is 0. The summed E-state index contributed by atoms with van der Waals surface area (Å²) in [5.74, 6) is 0.318. The van der Waals surface area contributed by atoms with Gasteiger partial charge in [-0.05, 0) is 61.6 Å². The van der Waals surface area contributed by atoms with Crippen LogP contribution >= 0.6 is 24.0 Å². The monoisotopic (exact) mass is 423 g/mol. The van der Waals surface area contributed by atoms with E-state index in [9.17, 15) is 18.3 Å². The molecule has 9 heteroatoms. The zero-order valence-corrected chi connectivity index (χ0v) is 16.4. The molecule has 2 rings (SSSR count). The van der Waals surface area contributed by atoms with Gasteiger partial charge in [0.15, 0.2) is 0 Å². The normalized spacial score (nSPS) is 13.1. The minimum atomic E-state index is -4.62. The number of hydrogen-bond donors (Lipinski definition) is 2. The van der Waals surface area contributed by atoms with Gasteiger partial charge in [0, 0.05) is 22.9 Å². The van der Waals surface area contributed by atoms with Crippen molar-refractivity contribution < 1.29 is 18.3 Å². The first kappa shape index (κ1) is 21.9. The van der Waals surface area contributed by atoms with Gasteiger partial charge in [0.25, 0.3) is 0 Å². The van der Waals surface area contributed by atoms with Gasteiger partial charge in [-0.3, -0.25) is 0 Å². The van der Waals surface area contributed by atoms with E-state index in [0.29, 0.717) is 11.4 Å². The second-order valence-corrected chi connectivity index (χ2v) is 7.44. The molecule has 2 aromatic carbocycles. The number of hydrogen-bond acceptors (Lipinski definition) is 6. The maximum atomic E-state index is 13.0. The molecule has 0 amide bonds. The number of aliphatic imine (C=N–C) groups is 1. The van der Waals surface area contributed by atoms with Crippen LogP contribution in [-0.4, -0.2) is 28.2 Å². The summed E-state index contributed by atoms with van der Waals surface area (Å²) < 4.78 is 39.1. The molecule has 28 heavy (non-hydrogen) atoms. The molecule has 0 aromatic heterocycles. The van der Waals surface area contributed by atoms with Crippen molar-refractivity contribution in [2.24, 2.45) is 4.99 Å². The molecule has 0 aliphatic rings. The van der Waals surface area contributed by atoms with Crippen LogP contribution in [-0.2, 0) is 6.18 Å². The fourth-order valence-corrected chi connectivity index (χ4v) is 3.25.